The molecule has 0 fully saturated rings. The summed E-state index contributed by atoms with van der Waals surface area (Å²) in [6, 6.07) is 13.6. The summed E-state index contributed by atoms with van der Waals surface area (Å²) < 4.78 is 37.3. The number of hydrogen-bond donors (Lipinski definition) is 4. The van der Waals surface area contributed by atoms with Gasteiger partial charge in [-0.15, -0.1) is 0 Å². The van der Waals surface area contributed by atoms with Gasteiger partial charge in [0.25, 0.3) is 15.9 Å². The molecule has 3 aromatic rings. The number of phenols is 3. The molecule has 0 saturated carbocycles. The van der Waals surface area contributed by atoms with Crippen LogP contribution in [0.1, 0.15) is 54.2 Å². The number of phenolic OH excluding ortho intramolecular Hbond substituents is 3. The van der Waals surface area contributed by atoms with Crippen LogP contribution in [0.3, 0.4) is 0 Å². The van der Waals surface area contributed by atoms with Gasteiger partial charge in [0.15, 0.2) is 0 Å². The van der Waals surface area contributed by atoms with Gasteiger partial charge in [0.1, 0.15) is 33.5 Å². The normalized spacial score (nSPS) is 19.1. The fourth-order valence-electron chi connectivity index (χ4n) is 5.08. The lowest BCUT2D eigenvalue weighted by Gasteiger charge is -2.44. The van der Waals surface area contributed by atoms with Crippen molar-refractivity contribution in [3.05, 3.63) is 88.5 Å². The third kappa shape index (κ3) is 5.28. The second kappa shape index (κ2) is 9.70. The number of aromatic hydroxyl groups is 3. The molecule has 11 heteroatoms. The van der Waals surface area contributed by atoms with Crippen LogP contribution in [0.15, 0.2) is 65.6 Å². The maximum Gasteiger partial charge on any atom is 0.362 e. The first-order valence-electron chi connectivity index (χ1n) is 11.8. The molecule has 1 unspecified atom stereocenters. The highest BCUT2D eigenvalue weighted by atomic mass is 32.2. The van der Waals surface area contributed by atoms with Crippen LogP contribution in [0.25, 0.3) is 11.6 Å². The predicted octanol–water partition coefficient (Wildman–Crippen LogP) is 4.59. The second-order valence-electron chi connectivity index (χ2n) is 10.1. The number of carbonyl (C=O) groups is 1. The third-order valence-electron chi connectivity index (χ3n) is 6.70. The molecular weight excluding hydrogens is 524 g/mol. The number of hydrogen-bond acceptors (Lipinski definition) is 7. The molecule has 1 atom stereocenters. The number of carbonyl (C=O) groups excluding carboxylic acids is 1. The van der Waals surface area contributed by atoms with Crippen molar-refractivity contribution in [2.24, 2.45) is 0 Å². The minimum absolute atomic E-state index is 0.00176. The number of ether oxygens (including phenoxy) is 1. The van der Waals surface area contributed by atoms with Crippen LogP contribution in [0.5, 0.6) is 23.0 Å². The molecule has 39 heavy (non-hydrogen) atoms. The Morgan fingerprint density at radius 1 is 0.923 bits per heavy atom. The first-order chi connectivity index (χ1) is 18.2. The van der Waals surface area contributed by atoms with Gasteiger partial charge < -0.3 is 25.6 Å². The maximum atomic E-state index is 11.7. The molecule has 202 valence electrons. The van der Waals surface area contributed by atoms with E-state index >= 15 is 0 Å². The third-order valence-corrected chi connectivity index (χ3v) is 7.61. The SMILES string of the molecule is CC1(C)CC(C)(c2ccc(O)cc2O)Oc2cc(O)ccc21.[N-]=[N+]=C1C=Cc2c(cccc2S(=O)(=O)O)C1=O. The lowest BCUT2D eigenvalue weighted by Crippen LogP contribution is -2.41. The van der Waals surface area contributed by atoms with E-state index in [1.807, 2.05) is 13.0 Å². The lowest BCUT2D eigenvalue weighted by atomic mass is 9.71. The number of rotatable bonds is 2. The molecule has 10 nitrogen and oxygen atoms in total. The fraction of sp³-hybridized carbons (Fsp3) is 0.214. The Morgan fingerprint density at radius 3 is 2.18 bits per heavy atom. The molecule has 5 rings (SSSR count). The molecule has 1 aliphatic carbocycles. The van der Waals surface area contributed by atoms with Gasteiger partial charge in [-0.1, -0.05) is 32.0 Å². The fourth-order valence-corrected chi connectivity index (χ4v) is 5.79. The quantitative estimate of drug-likeness (QED) is 0.203. The number of Topliss-reactive ketones (excluding diaryl/α,β-unsaturated/α-hetero) is 1. The topological polar surface area (TPSA) is 178 Å². The highest BCUT2D eigenvalue weighted by molar-refractivity contribution is 7.86. The largest absolute Gasteiger partial charge is 0.508 e. The summed E-state index contributed by atoms with van der Waals surface area (Å²) in [5.41, 5.74) is 9.25. The molecule has 0 spiro atoms. The van der Waals surface area contributed by atoms with Gasteiger partial charge in [-0.3, -0.25) is 9.35 Å². The molecule has 0 amide bonds. The number of fused-ring (bicyclic) bond motifs is 2. The van der Waals surface area contributed by atoms with Crippen LogP contribution < -0.4 is 4.74 Å². The van der Waals surface area contributed by atoms with Crippen molar-refractivity contribution in [1.82, 2.24) is 0 Å². The minimum Gasteiger partial charge on any atom is -0.508 e. The van der Waals surface area contributed by atoms with Gasteiger partial charge >= 0.3 is 5.71 Å². The van der Waals surface area contributed by atoms with Crippen molar-refractivity contribution in [3.63, 3.8) is 0 Å². The molecule has 0 bridgehead atoms. The summed E-state index contributed by atoms with van der Waals surface area (Å²) in [5.74, 6) is 0.176. The Balaban J connectivity index is 0.000000187. The van der Waals surface area contributed by atoms with E-state index in [1.165, 1.54) is 42.5 Å². The molecule has 2 aliphatic rings. The summed E-state index contributed by atoms with van der Waals surface area (Å²) in [6.07, 6.45) is 3.14. The highest BCUT2D eigenvalue weighted by Gasteiger charge is 2.44. The van der Waals surface area contributed by atoms with Crippen molar-refractivity contribution in [2.75, 3.05) is 0 Å². The van der Waals surface area contributed by atoms with Crippen molar-refractivity contribution in [3.8, 4) is 23.0 Å². The van der Waals surface area contributed by atoms with Crippen molar-refractivity contribution < 1.29 is 42.6 Å². The van der Waals surface area contributed by atoms with Gasteiger partial charge in [-0.2, -0.15) is 13.2 Å². The van der Waals surface area contributed by atoms with E-state index in [0.29, 0.717) is 17.7 Å². The van der Waals surface area contributed by atoms with E-state index in [2.05, 4.69) is 18.6 Å². The maximum absolute atomic E-state index is 11.7. The van der Waals surface area contributed by atoms with E-state index < -0.39 is 21.5 Å². The summed E-state index contributed by atoms with van der Waals surface area (Å²) >= 11 is 0. The van der Waals surface area contributed by atoms with Gasteiger partial charge in [-0.05, 0) is 42.7 Å². The van der Waals surface area contributed by atoms with Gasteiger partial charge in [0.2, 0.25) is 0 Å². The summed E-state index contributed by atoms with van der Waals surface area (Å²) in [6.45, 7) is 6.13. The highest BCUT2D eigenvalue weighted by Crippen LogP contribution is 2.51. The second-order valence-corrected chi connectivity index (χ2v) is 11.5. The Kier molecular flexibility index (Phi) is 6.86. The average molecular weight is 551 g/mol. The Bertz CT molecular complexity index is 1690. The first-order valence-corrected chi connectivity index (χ1v) is 13.2. The summed E-state index contributed by atoms with van der Waals surface area (Å²) in [5, 5.41) is 29.4. The van der Waals surface area contributed by atoms with Crippen molar-refractivity contribution in [1.29, 1.82) is 0 Å². The number of nitrogens with zero attached hydrogens (tertiary/aromatic N) is 2. The molecule has 1 heterocycles. The number of benzene rings is 3. The van der Waals surface area contributed by atoms with Crippen LogP contribution in [-0.2, 0) is 21.1 Å². The number of ketones is 1. The van der Waals surface area contributed by atoms with Crippen LogP contribution in [-0.4, -0.2) is 44.6 Å². The zero-order valence-corrected chi connectivity index (χ0v) is 22.1. The van der Waals surface area contributed by atoms with Crippen molar-refractivity contribution in [2.45, 2.75) is 43.1 Å². The van der Waals surface area contributed by atoms with E-state index in [9.17, 15) is 28.5 Å². The Labute approximate surface area is 224 Å². The molecule has 3 aromatic carbocycles. The molecular formula is C28H26N2O8S. The lowest BCUT2D eigenvalue weighted by molar-refractivity contribution is -0.00436. The molecule has 1 aliphatic heterocycles. The monoisotopic (exact) mass is 550 g/mol. The van der Waals surface area contributed by atoms with Gasteiger partial charge in [-0.25, -0.2) is 0 Å². The summed E-state index contributed by atoms with van der Waals surface area (Å²) in [4.78, 5) is 14.1. The van der Waals surface area contributed by atoms with Crippen LogP contribution >= 0.6 is 0 Å². The average Bonchev–Trinajstić information content (AvgIpc) is 2.82. The van der Waals surface area contributed by atoms with Crippen molar-refractivity contribution >= 4 is 27.7 Å². The molecule has 4 N–H and O–H groups in total. The van der Waals surface area contributed by atoms with Crippen LogP contribution in [0.2, 0.25) is 0 Å². The molecule has 0 saturated heterocycles. The molecule has 0 radical (unpaired) electrons. The van der Waals surface area contributed by atoms with E-state index in [4.69, 9.17) is 14.8 Å². The van der Waals surface area contributed by atoms with Crippen LogP contribution in [0, 0.1) is 0 Å². The zero-order chi connectivity index (χ0) is 28.8. The Hall–Kier alpha value is -4.44. The first kappa shape index (κ1) is 27.6. The van der Waals surface area contributed by atoms with Crippen LogP contribution in [0.4, 0.5) is 0 Å². The predicted molar refractivity (Wildman–Crippen MR) is 142 cm³/mol. The minimum atomic E-state index is -4.40. The number of allylic oxidation sites excluding steroid dienone is 1. The smallest absolute Gasteiger partial charge is 0.362 e. The van der Waals surface area contributed by atoms with Gasteiger partial charge in [0, 0.05) is 46.9 Å². The van der Waals surface area contributed by atoms with Gasteiger partial charge in [0.05, 0.1) is 0 Å². The summed E-state index contributed by atoms with van der Waals surface area (Å²) in [7, 11) is -4.40. The Morgan fingerprint density at radius 2 is 1.56 bits per heavy atom. The van der Waals surface area contributed by atoms with E-state index in [-0.39, 0.29) is 44.4 Å². The standard InChI is InChI=1S/C18H20O4.C10H6N2O4S/c1-17(2)10-18(3,13-6-4-11(19)8-15(13)21)22-16-9-12(20)5-7-14(16)17;11-12-8-5-4-6-7(10(8)13)2-1-3-9(6)17(14,15)16/h4-9,19-21H,10H2,1-3H3;1-5H,(H,14,15,16). The van der Waals surface area contributed by atoms with E-state index in [1.54, 1.807) is 18.2 Å². The van der Waals surface area contributed by atoms with E-state index in [0.717, 1.165) is 5.56 Å². The zero-order valence-electron chi connectivity index (χ0n) is 21.3. The molecule has 0 aromatic heterocycles.